The Morgan fingerprint density at radius 1 is 1.47 bits per heavy atom. The lowest BCUT2D eigenvalue weighted by molar-refractivity contribution is -0.402. The second-order valence-corrected chi connectivity index (χ2v) is 3.85. The molecule has 17 heavy (non-hydrogen) atoms. The molecule has 0 bridgehead atoms. The number of furan rings is 1. The summed E-state index contributed by atoms with van der Waals surface area (Å²) in [6.45, 7) is 0. The van der Waals surface area contributed by atoms with Crippen molar-refractivity contribution in [3.05, 3.63) is 33.0 Å². The molecule has 0 saturated heterocycles. The van der Waals surface area contributed by atoms with E-state index in [4.69, 9.17) is 9.15 Å². The van der Waals surface area contributed by atoms with Gasteiger partial charge in [-0.05, 0) is 18.2 Å². The van der Waals surface area contributed by atoms with Crippen LogP contribution in [0.1, 0.15) is 10.8 Å². The molecule has 88 valence electrons. The summed E-state index contributed by atoms with van der Waals surface area (Å²) in [6, 6.07) is 2.80. The average molecular weight is 253 g/mol. The molecule has 0 spiro atoms. The predicted molar refractivity (Wildman–Crippen MR) is 60.8 cm³/mol. The molecule has 0 fully saturated rings. The van der Waals surface area contributed by atoms with E-state index < -0.39 is 4.92 Å². The summed E-state index contributed by atoms with van der Waals surface area (Å²) >= 11 is 1.26. The summed E-state index contributed by atoms with van der Waals surface area (Å²) in [5.41, 5.74) is 0. The van der Waals surface area contributed by atoms with Gasteiger partial charge < -0.3 is 9.15 Å². The number of ether oxygens (including phenoxy) is 1. The highest BCUT2D eigenvalue weighted by Gasteiger charge is 2.10. The molecular formula is C9H7N3O4S. The van der Waals surface area contributed by atoms with Crippen LogP contribution in [-0.2, 0) is 0 Å². The van der Waals surface area contributed by atoms with Crippen LogP contribution < -0.4 is 4.74 Å². The lowest BCUT2D eigenvalue weighted by Crippen LogP contribution is -1.82. The van der Waals surface area contributed by atoms with Crippen molar-refractivity contribution in [2.24, 2.45) is 0 Å². The number of aromatic nitrogens is 2. The minimum atomic E-state index is -0.592. The molecule has 2 rings (SSSR count). The monoisotopic (exact) mass is 253 g/mol. The van der Waals surface area contributed by atoms with E-state index in [1.165, 1.54) is 30.6 Å². The highest BCUT2D eigenvalue weighted by molar-refractivity contribution is 7.13. The Kier molecular flexibility index (Phi) is 3.15. The normalized spacial score (nSPS) is 10.9. The maximum atomic E-state index is 10.4. The van der Waals surface area contributed by atoms with E-state index in [2.05, 4.69) is 10.2 Å². The van der Waals surface area contributed by atoms with Gasteiger partial charge in [0.05, 0.1) is 13.2 Å². The molecule has 0 saturated carbocycles. The number of hydrogen-bond donors (Lipinski definition) is 0. The lowest BCUT2D eigenvalue weighted by atomic mass is 10.4. The van der Waals surface area contributed by atoms with E-state index in [-0.39, 0.29) is 5.88 Å². The van der Waals surface area contributed by atoms with Crippen molar-refractivity contribution in [2.75, 3.05) is 7.11 Å². The van der Waals surface area contributed by atoms with Gasteiger partial charge in [0.25, 0.3) is 5.19 Å². The third kappa shape index (κ3) is 2.67. The average Bonchev–Trinajstić information content (AvgIpc) is 2.95. The predicted octanol–water partition coefficient (Wildman–Crippen LogP) is 2.22. The molecule has 7 nitrogen and oxygen atoms in total. The van der Waals surface area contributed by atoms with Gasteiger partial charge in [-0.1, -0.05) is 16.4 Å². The molecule has 2 aromatic rings. The summed E-state index contributed by atoms with van der Waals surface area (Å²) in [5.74, 6) is 0.0883. The van der Waals surface area contributed by atoms with Gasteiger partial charge in [0.15, 0.2) is 0 Å². The van der Waals surface area contributed by atoms with Gasteiger partial charge in [-0.25, -0.2) is 0 Å². The van der Waals surface area contributed by atoms with Gasteiger partial charge in [0, 0.05) is 0 Å². The topological polar surface area (TPSA) is 91.3 Å². The summed E-state index contributed by atoms with van der Waals surface area (Å²) in [6.07, 6.45) is 3.22. The molecule has 0 amide bonds. The first kappa shape index (κ1) is 11.3. The van der Waals surface area contributed by atoms with Crippen molar-refractivity contribution < 1.29 is 14.1 Å². The van der Waals surface area contributed by atoms with Gasteiger partial charge >= 0.3 is 5.88 Å². The van der Waals surface area contributed by atoms with E-state index in [9.17, 15) is 10.1 Å². The lowest BCUT2D eigenvalue weighted by Gasteiger charge is -1.84. The fraction of sp³-hybridized carbons (Fsp3) is 0.111. The van der Waals surface area contributed by atoms with Crippen molar-refractivity contribution in [1.29, 1.82) is 0 Å². The Morgan fingerprint density at radius 3 is 2.88 bits per heavy atom. The van der Waals surface area contributed by atoms with E-state index in [0.717, 1.165) is 0 Å². The first-order chi connectivity index (χ1) is 8.19. The van der Waals surface area contributed by atoms with Crippen molar-refractivity contribution >= 4 is 29.4 Å². The Hall–Kier alpha value is -2.22. The van der Waals surface area contributed by atoms with Crippen LogP contribution in [0.3, 0.4) is 0 Å². The van der Waals surface area contributed by atoms with Crippen LogP contribution in [0.25, 0.3) is 12.2 Å². The van der Waals surface area contributed by atoms with Crippen molar-refractivity contribution in [2.45, 2.75) is 0 Å². The van der Waals surface area contributed by atoms with Crippen LogP contribution >= 0.6 is 11.3 Å². The van der Waals surface area contributed by atoms with Crippen LogP contribution in [0.4, 0.5) is 5.88 Å². The molecule has 0 aliphatic carbocycles. The Morgan fingerprint density at radius 2 is 2.29 bits per heavy atom. The van der Waals surface area contributed by atoms with Crippen molar-refractivity contribution in [3.63, 3.8) is 0 Å². The largest absolute Gasteiger partial charge is 0.472 e. The molecule has 0 N–H and O–H groups in total. The highest BCUT2D eigenvalue weighted by Crippen LogP contribution is 2.21. The third-order valence-corrected chi connectivity index (χ3v) is 2.63. The molecule has 0 radical (unpaired) electrons. The minimum absolute atomic E-state index is 0.292. The number of methoxy groups -OCH3 is 1. The first-order valence-electron chi connectivity index (χ1n) is 4.49. The molecule has 8 heteroatoms. The maximum absolute atomic E-state index is 10.4. The second-order valence-electron chi connectivity index (χ2n) is 2.88. The molecule has 2 heterocycles. The number of nitro groups is 1. The van der Waals surface area contributed by atoms with Crippen LogP contribution in [0, 0.1) is 10.1 Å². The molecule has 0 aliphatic heterocycles. The zero-order valence-electron chi connectivity index (χ0n) is 8.69. The molecule has 0 aliphatic rings. The Bertz CT molecular complexity index is 560. The molecule has 0 aromatic carbocycles. The quantitative estimate of drug-likeness (QED) is 0.612. The van der Waals surface area contributed by atoms with E-state index in [0.29, 0.717) is 16.0 Å². The highest BCUT2D eigenvalue weighted by atomic mass is 32.1. The van der Waals surface area contributed by atoms with Crippen LogP contribution in [-0.4, -0.2) is 22.2 Å². The van der Waals surface area contributed by atoms with Gasteiger partial charge in [0.1, 0.15) is 15.7 Å². The SMILES string of the molecule is COc1nnc(C=Cc2ccc([N+](=O)[O-])o2)s1. The van der Waals surface area contributed by atoms with Gasteiger partial charge in [0.2, 0.25) is 0 Å². The minimum Gasteiger partial charge on any atom is -0.472 e. The third-order valence-electron chi connectivity index (χ3n) is 1.78. The van der Waals surface area contributed by atoms with Crippen LogP contribution in [0.15, 0.2) is 16.5 Å². The number of nitrogens with zero attached hydrogens (tertiary/aromatic N) is 3. The van der Waals surface area contributed by atoms with Gasteiger partial charge in [-0.3, -0.25) is 10.1 Å². The maximum Gasteiger partial charge on any atom is 0.433 e. The van der Waals surface area contributed by atoms with E-state index in [1.54, 1.807) is 12.2 Å². The Balaban J connectivity index is 2.11. The molecule has 0 atom stereocenters. The van der Waals surface area contributed by atoms with Gasteiger partial charge in [-0.2, -0.15) is 0 Å². The molecular weight excluding hydrogens is 246 g/mol. The second kappa shape index (κ2) is 4.74. The smallest absolute Gasteiger partial charge is 0.433 e. The number of rotatable bonds is 4. The molecule has 0 unspecified atom stereocenters. The summed E-state index contributed by atoms with van der Waals surface area (Å²) in [5, 5.41) is 19.0. The first-order valence-corrected chi connectivity index (χ1v) is 5.30. The van der Waals surface area contributed by atoms with Gasteiger partial charge in [-0.15, -0.1) is 5.10 Å². The van der Waals surface area contributed by atoms with E-state index >= 15 is 0 Å². The summed E-state index contributed by atoms with van der Waals surface area (Å²) in [4.78, 5) is 9.79. The van der Waals surface area contributed by atoms with Crippen LogP contribution in [0.5, 0.6) is 5.19 Å². The zero-order chi connectivity index (χ0) is 12.3. The molecule has 2 aromatic heterocycles. The van der Waals surface area contributed by atoms with Crippen molar-refractivity contribution in [3.8, 4) is 5.19 Å². The fourth-order valence-corrected chi connectivity index (χ4v) is 1.62. The fourth-order valence-electron chi connectivity index (χ4n) is 1.05. The number of hydrogen-bond acceptors (Lipinski definition) is 7. The Labute approximate surface area is 99.5 Å². The standard InChI is InChI=1S/C9H7N3O4S/c1-15-9-11-10-7(17-9)4-2-6-3-5-8(16-6)12(13)14/h2-5H,1H3. The van der Waals surface area contributed by atoms with Crippen LogP contribution in [0.2, 0.25) is 0 Å². The summed E-state index contributed by atoms with van der Waals surface area (Å²) < 4.78 is 9.82. The zero-order valence-corrected chi connectivity index (χ0v) is 9.51. The van der Waals surface area contributed by atoms with E-state index in [1.807, 2.05) is 0 Å². The van der Waals surface area contributed by atoms with Crippen molar-refractivity contribution in [1.82, 2.24) is 10.2 Å². The summed E-state index contributed by atoms with van der Waals surface area (Å²) in [7, 11) is 1.50.